The van der Waals surface area contributed by atoms with Crippen LogP contribution in [0.3, 0.4) is 0 Å². The number of halogens is 4. The normalized spacial score (nSPS) is 18.0. The molecule has 3 atom stereocenters. The molecule has 1 aliphatic rings. The summed E-state index contributed by atoms with van der Waals surface area (Å²) in [5, 5.41) is 27.3. The number of aliphatic carboxylic acids is 1. The smallest absolute Gasteiger partial charge is 0.471 e. The lowest BCUT2D eigenvalue weighted by atomic mass is 10.00. The van der Waals surface area contributed by atoms with Crippen LogP contribution in [-0.4, -0.2) is 60.2 Å². The molecule has 0 saturated heterocycles. The van der Waals surface area contributed by atoms with Gasteiger partial charge in [0.05, 0.1) is 19.1 Å². The molecule has 18 heteroatoms. The number of alkyl halides is 3. The number of carboxylic acids is 1. The van der Waals surface area contributed by atoms with Crippen LogP contribution < -0.4 is 30.2 Å². The van der Waals surface area contributed by atoms with E-state index in [1.54, 1.807) is 5.32 Å². The van der Waals surface area contributed by atoms with E-state index in [9.17, 15) is 52.0 Å². The number of nitro groups is 1. The third kappa shape index (κ3) is 7.84. The zero-order chi connectivity index (χ0) is 34.6. The number of nitrogens with zero attached hydrogens (tertiary/aromatic N) is 1. The molecule has 4 N–H and O–H groups in total. The molecule has 0 fully saturated rings. The van der Waals surface area contributed by atoms with E-state index in [0.717, 1.165) is 30.3 Å². The number of methoxy groups -OCH3 is 2. The molecule has 3 aromatic rings. The Bertz CT molecular complexity index is 1750. The second kappa shape index (κ2) is 13.6. The lowest BCUT2D eigenvalue weighted by Crippen LogP contribution is -2.53. The minimum atomic E-state index is -5.44. The summed E-state index contributed by atoms with van der Waals surface area (Å²) >= 11 is 0. The molecule has 1 heterocycles. The van der Waals surface area contributed by atoms with E-state index < -0.39 is 70.8 Å². The van der Waals surface area contributed by atoms with E-state index in [1.165, 1.54) is 38.5 Å². The van der Waals surface area contributed by atoms with Gasteiger partial charge in [-0.05, 0) is 47.0 Å². The third-order valence-electron chi connectivity index (χ3n) is 6.83. The van der Waals surface area contributed by atoms with Crippen molar-refractivity contribution in [3.05, 3.63) is 87.2 Å². The van der Waals surface area contributed by atoms with E-state index in [0.29, 0.717) is 0 Å². The van der Waals surface area contributed by atoms with Crippen molar-refractivity contribution in [2.45, 2.75) is 30.7 Å². The highest BCUT2D eigenvalue weighted by Crippen LogP contribution is 2.37. The maximum atomic E-state index is 14.0. The molecule has 0 unspecified atom stereocenters. The summed E-state index contributed by atoms with van der Waals surface area (Å²) in [5.41, 5.74) is -1.42. The Morgan fingerprint density at radius 3 is 2.34 bits per heavy atom. The Morgan fingerprint density at radius 2 is 1.72 bits per heavy atom. The van der Waals surface area contributed by atoms with E-state index in [4.69, 9.17) is 14.2 Å². The van der Waals surface area contributed by atoms with Crippen LogP contribution in [0, 0.1) is 15.9 Å². The van der Waals surface area contributed by atoms with Gasteiger partial charge in [-0.1, -0.05) is 12.1 Å². The van der Waals surface area contributed by atoms with Gasteiger partial charge in [-0.3, -0.25) is 24.5 Å². The largest absolute Gasteiger partial charge is 0.497 e. The van der Waals surface area contributed by atoms with E-state index >= 15 is 0 Å². The van der Waals surface area contributed by atoms with Gasteiger partial charge in [0.25, 0.3) is 0 Å². The molecule has 14 nitrogen and oxygen atoms in total. The van der Waals surface area contributed by atoms with Crippen molar-refractivity contribution in [1.82, 2.24) is 16.0 Å². The Hall–Kier alpha value is -5.94. The van der Waals surface area contributed by atoms with Crippen molar-refractivity contribution < 1.29 is 61.0 Å². The number of nitro benzene ring substituents is 1. The lowest BCUT2D eigenvalue weighted by Gasteiger charge is -2.26. The maximum Gasteiger partial charge on any atom is 0.471 e. The second-order valence-electron chi connectivity index (χ2n) is 9.95. The first-order valence-corrected chi connectivity index (χ1v) is 13.3. The standard InChI is InChI=1S/C29H24F4N4O10/c1-45-16-9-15-10-17(12-16)47-22-11-14(4-6-21(22)46-2)23(36-28(42)29(31,32)33)26(39)34-19(25(38)35-24(15)27(40)41)7-13-3-5-18(30)20(8-13)37(43)44/h3-6,8-12,19,23-24H,7H2,1-2H3,(H,34,39)(H,35,38)(H,36,42)(H,40,41)/t19-,23-,24+/m1/s1. The molecule has 3 aromatic carbocycles. The summed E-state index contributed by atoms with van der Waals surface area (Å²) in [4.78, 5) is 61.8. The quantitative estimate of drug-likeness (QED) is 0.165. The zero-order valence-electron chi connectivity index (χ0n) is 24.2. The van der Waals surface area contributed by atoms with Gasteiger partial charge in [0.1, 0.15) is 23.6 Å². The van der Waals surface area contributed by atoms with Crippen LogP contribution in [0.2, 0.25) is 0 Å². The molecule has 248 valence electrons. The molecule has 0 aromatic heterocycles. The van der Waals surface area contributed by atoms with Gasteiger partial charge in [0.2, 0.25) is 17.6 Å². The summed E-state index contributed by atoms with van der Waals surface area (Å²) in [6, 6.07) is 4.00. The first-order valence-electron chi connectivity index (χ1n) is 13.3. The number of amides is 3. The topological polar surface area (TPSA) is 195 Å². The van der Waals surface area contributed by atoms with Crippen molar-refractivity contribution in [3.8, 4) is 23.0 Å². The molecule has 4 bridgehead atoms. The second-order valence-corrected chi connectivity index (χ2v) is 9.95. The molecular formula is C29H24F4N4O10. The predicted molar refractivity (Wildman–Crippen MR) is 150 cm³/mol. The Kier molecular flexibility index (Phi) is 9.82. The highest BCUT2D eigenvalue weighted by molar-refractivity contribution is 5.95. The molecule has 0 saturated carbocycles. The maximum absolute atomic E-state index is 14.0. The van der Waals surface area contributed by atoms with Gasteiger partial charge in [-0.15, -0.1) is 0 Å². The fourth-order valence-electron chi connectivity index (χ4n) is 4.59. The van der Waals surface area contributed by atoms with Gasteiger partial charge >= 0.3 is 23.7 Å². The predicted octanol–water partition coefficient (Wildman–Crippen LogP) is 3.25. The van der Waals surface area contributed by atoms with Crippen molar-refractivity contribution in [2.24, 2.45) is 0 Å². The number of carboxylic acid groups (broad SMARTS) is 1. The van der Waals surface area contributed by atoms with Crippen LogP contribution in [-0.2, 0) is 25.6 Å². The van der Waals surface area contributed by atoms with E-state index in [2.05, 4.69) is 10.6 Å². The number of nitrogens with one attached hydrogen (secondary N) is 3. The number of hydrogen-bond acceptors (Lipinski definition) is 9. The molecule has 3 amide bonds. The van der Waals surface area contributed by atoms with Crippen LogP contribution in [0.25, 0.3) is 0 Å². The number of hydrogen-bond donors (Lipinski definition) is 4. The molecular weight excluding hydrogens is 640 g/mol. The van der Waals surface area contributed by atoms with Gasteiger partial charge in [-0.2, -0.15) is 17.6 Å². The molecule has 47 heavy (non-hydrogen) atoms. The molecule has 0 aliphatic carbocycles. The minimum absolute atomic E-state index is 0.0189. The van der Waals surface area contributed by atoms with Crippen LogP contribution in [0.4, 0.5) is 23.2 Å². The zero-order valence-corrected chi connectivity index (χ0v) is 24.2. The lowest BCUT2D eigenvalue weighted by molar-refractivity contribution is -0.387. The Balaban J connectivity index is 1.92. The summed E-state index contributed by atoms with van der Waals surface area (Å²) in [6.07, 6.45) is -6.08. The van der Waals surface area contributed by atoms with Crippen molar-refractivity contribution >= 4 is 29.4 Å². The van der Waals surface area contributed by atoms with Crippen LogP contribution in [0.5, 0.6) is 23.0 Å². The van der Waals surface area contributed by atoms with Gasteiger partial charge in [0.15, 0.2) is 17.5 Å². The van der Waals surface area contributed by atoms with Crippen LogP contribution in [0.1, 0.15) is 28.8 Å². The summed E-state index contributed by atoms with van der Waals surface area (Å²) in [7, 11) is 2.51. The number of fused-ring (bicyclic) bond motifs is 4. The summed E-state index contributed by atoms with van der Waals surface area (Å²) in [5.74, 6) is -8.09. The Labute approximate surface area is 261 Å². The number of rotatable bonds is 7. The van der Waals surface area contributed by atoms with Gasteiger partial charge < -0.3 is 35.3 Å². The SMILES string of the molecule is COc1cc2cc(c1)[C@@H](C(=O)O)NC(=O)[C@@H](Cc1ccc(F)c([N+](=O)[O-])c1)NC(=O)[C@H](NC(=O)C(F)(F)F)c1ccc(OC)c(c1)O2. The molecule has 0 radical (unpaired) electrons. The van der Waals surface area contributed by atoms with E-state index in [-0.39, 0.29) is 39.7 Å². The number of benzene rings is 3. The molecule has 1 aliphatic heterocycles. The fourth-order valence-corrected chi connectivity index (χ4v) is 4.59. The summed E-state index contributed by atoms with van der Waals surface area (Å²) < 4.78 is 70.4. The van der Waals surface area contributed by atoms with Crippen LogP contribution >= 0.6 is 0 Å². The first kappa shape index (κ1) is 33.9. The van der Waals surface area contributed by atoms with Crippen molar-refractivity contribution in [3.63, 3.8) is 0 Å². The fraction of sp³-hybridized carbons (Fsp3) is 0.241. The number of carbonyl (C=O) groups excluding carboxylic acids is 3. The Morgan fingerprint density at radius 1 is 1.00 bits per heavy atom. The van der Waals surface area contributed by atoms with Crippen molar-refractivity contribution in [1.29, 1.82) is 0 Å². The highest BCUT2D eigenvalue weighted by atomic mass is 19.4. The average Bonchev–Trinajstić information content (AvgIpc) is 3.01. The van der Waals surface area contributed by atoms with Gasteiger partial charge in [-0.25, -0.2) is 4.79 Å². The number of ether oxygens (including phenoxy) is 3. The first-order chi connectivity index (χ1) is 22.1. The molecule has 0 spiro atoms. The van der Waals surface area contributed by atoms with Crippen molar-refractivity contribution in [2.75, 3.05) is 14.2 Å². The number of carbonyl (C=O) groups is 4. The van der Waals surface area contributed by atoms with E-state index in [1.807, 2.05) is 0 Å². The minimum Gasteiger partial charge on any atom is -0.497 e. The monoisotopic (exact) mass is 664 g/mol. The average molecular weight is 665 g/mol. The summed E-state index contributed by atoms with van der Waals surface area (Å²) in [6.45, 7) is 0. The third-order valence-corrected chi connectivity index (χ3v) is 6.83. The van der Waals surface area contributed by atoms with Crippen LogP contribution in [0.15, 0.2) is 54.6 Å². The highest BCUT2D eigenvalue weighted by Gasteiger charge is 2.42. The molecule has 4 rings (SSSR count). The van der Waals surface area contributed by atoms with Gasteiger partial charge in [0, 0.05) is 18.6 Å².